The Morgan fingerprint density at radius 1 is 1.60 bits per heavy atom. The molecule has 1 aliphatic heterocycles. The SMILES string of the molecule is COC(=O)C1Cc2c(N)cccc2CN1. The fourth-order valence-electron chi connectivity index (χ4n) is 1.89. The van der Waals surface area contributed by atoms with Crippen LogP contribution in [0.25, 0.3) is 0 Å². The van der Waals surface area contributed by atoms with Crippen LogP contribution in [0.1, 0.15) is 11.1 Å². The Morgan fingerprint density at radius 3 is 3.13 bits per heavy atom. The molecule has 2 rings (SSSR count). The van der Waals surface area contributed by atoms with Gasteiger partial charge in [-0.1, -0.05) is 12.1 Å². The molecule has 1 aromatic carbocycles. The van der Waals surface area contributed by atoms with Crippen LogP contribution in [0, 0.1) is 0 Å². The van der Waals surface area contributed by atoms with Gasteiger partial charge in [-0.3, -0.25) is 4.79 Å². The standard InChI is InChI=1S/C11H14N2O2/c1-15-11(14)10-5-8-7(6-13-10)3-2-4-9(8)12/h2-4,10,13H,5-6,12H2,1H3. The Balaban J connectivity index is 2.26. The molecule has 0 saturated carbocycles. The van der Waals surface area contributed by atoms with Crippen molar-refractivity contribution in [1.29, 1.82) is 0 Å². The van der Waals surface area contributed by atoms with Gasteiger partial charge in [-0.25, -0.2) is 0 Å². The monoisotopic (exact) mass is 206 g/mol. The van der Waals surface area contributed by atoms with Crippen LogP contribution in [0.3, 0.4) is 0 Å². The Kier molecular flexibility index (Phi) is 2.60. The van der Waals surface area contributed by atoms with E-state index in [4.69, 9.17) is 10.5 Å². The van der Waals surface area contributed by atoms with Crippen molar-refractivity contribution < 1.29 is 9.53 Å². The summed E-state index contributed by atoms with van der Waals surface area (Å²) in [5.74, 6) is -0.232. The second kappa shape index (κ2) is 3.90. The van der Waals surface area contributed by atoms with Gasteiger partial charge >= 0.3 is 5.97 Å². The molecular weight excluding hydrogens is 192 g/mol. The molecule has 0 amide bonds. The maximum absolute atomic E-state index is 11.4. The zero-order valence-electron chi connectivity index (χ0n) is 8.62. The average Bonchev–Trinajstić information content (AvgIpc) is 2.28. The van der Waals surface area contributed by atoms with Crippen molar-refractivity contribution in [3.63, 3.8) is 0 Å². The lowest BCUT2D eigenvalue weighted by Gasteiger charge is -2.25. The van der Waals surface area contributed by atoms with E-state index >= 15 is 0 Å². The normalized spacial score (nSPS) is 19.4. The number of carbonyl (C=O) groups excluding carboxylic acids is 1. The number of methoxy groups -OCH3 is 1. The summed E-state index contributed by atoms with van der Waals surface area (Å²) in [6.45, 7) is 0.667. The van der Waals surface area contributed by atoms with Crippen molar-refractivity contribution in [2.75, 3.05) is 12.8 Å². The largest absolute Gasteiger partial charge is 0.468 e. The average molecular weight is 206 g/mol. The Morgan fingerprint density at radius 2 is 2.40 bits per heavy atom. The first-order valence-corrected chi connectivity index (χ1v) is 4.90. The van der Waals surface area contributed by atoms with Crippen molar-refractivity contribution in [2.45, 2.75) is 19.0 Å². The third-order valence-electron chi connectivity index (χ3n) is 2.74. The lowest BCUT2D eigenvalue weighted by atomic mass is 9.94. The van der Waals surface area contributed by atoms with E-state index in [-0.39, 0.29) is 12.0 Å². The Bertz CT molecular complexity index is 390. The molecule has 3 N–H and O–H groups in total. The van der Waals surface area contributed by atoms with Gasteiger partial charge in [0.2, 0.25) is 0 Å². The first-order valence-electron chi connectivity index (χ1n) is 4.90. The molecule has 15 heavy (non-hydrogen) atoms. The molecule has 1 unspecified atom stereocenters. The minimum atomic E-state index is -0.271. The van der Waals surface area contributed by atoms with Crippen LogP contribution < -0.4 is 11.1 Å². The van der Waals surface area contributed by atoms with Crippen LogP contribution in [0.2, 0.25) is 0 Å². The summed E-state index contributed by atoms with van der Waals surface area (Å²) in [5, 5.41) is 3.12. The second-order valence-corrected chi connectivity index (χ2v) is 3.65. The van der Waals surface area contributed by atoms with Crippen molar-refractivity contribution in [2.24, 2.45) is 0 Å². The number of carbonyl (C=O) groups is 1. The molecule has 1 heterocycles. The van der Waals surface area contributed by atoms with E-state index in [0.717, 1.165) is 16.8 Å². The number of rotatable bonds is 1. The van der Waals surface area contributed by atoms with Gasteiger partial charge in [0.1, 0.15) is 6.04 Å². The smallest absolute Gasteiger partial charge is 0.323 e. The quantitative estimate of drug-likeness (QED) is 0.517. The van der Waals surface area contributed by atoms with Crippen LogP contribution in [0.5, 0.6) is 0 Å². The van der Waals surface area contributed by atoms with Gasteiger partial charge in [-0.05, 0) is 17.2 Å². The van der Waals surface area contributed by atoms with Gasteiger partial charge in [0.25, 0.3) is 0 Å². The molecule has 0 spiro atoms. The van der Waals surface area contributed by atoms with Gasteiger partial charge < -0.3 is 15.8 Å². The molecule has 1 atom stereocenters. The summed E-state index contributed by atoms with van der Waals surface area (Å²) in [4.78, 5) is 11.4. The van der Waals surface area contributed by atoms with E-state index in [2.05, 4.69) is 5.32 Å². The molecule has 0 radical (unpaired) electrons. The number of hydrogen-bond acceptors (Lipinski definition) is 4. The first-order chi connectivity index (χ1) is 7.22. The van der Waals surface area contributed by atoms with Crippen molar-refractivity contribution in [3.8, 4) is 0 Å². The number of nitrogens with two attached hydrogens (primary N) is 1. The molecule has 80 valence electrons. The van der Waals surface area contributed by atoms with Crippen molar-refractivity contribution in [3.05, 3.63) is 29.3 Å². The lowest BCUT2D eigenvalue weighted by Crippen LogP contribution is -2.42. The molecule has 0 saturated heterocycles. The highest BCUT2D eigenvalue weighted by atomic mass is 16.5. The van der Waals surface area contributed by atoms with Crippen molar-refractivity contribution in [1.82, 2.24) is 5.32 Å². The van der Waals surface area contributed by atoms with E-state index in [1.54, 1.807) is 0 Å². The molecule has 4 nitrogen and oxygen atoms in total. The Labute approximate surface area is 88.4 Å². The molecule has 0 aromatic heterocycles. The molecule has 0 bridgehead atoms. The number of anilines is 1. The van der Waals surface area contributed by atoms with E-state index in [1.807, 2.05) is 18.2 Å². The zero-order chi connectivity index (χ0) is 10.8. The fraction of sp³-hybridized carbons (Fsp3) is 0.364. The summed E-state index contributed by atoms with van der Waals surface area (Å²) in [6.07, 6.45) is 0.606. The van der Waals surface area contributed by atoms with E-state index in [0.29, 0.717) is 13.0 Å². The summed E-state index contributed by atoms with van der Waals surface area (Å²) >= 11 is 0. The first kappa shape index (κ1) is 9.98. The maximum Gasteiger partial charge on any atom is 0.323 e. The minimum absolute atomic E-state index is 0.232. The fourth-order valence-corrected chi connectivity index (χ4v) is 1.89. The van der Waals surface area contributed by atoms with Gasteiger partial charge in [-0.2, -0.15) is 0 Å². The van der Waals surface area contributed by atoms with E-state index in [9.17, 15) is 4.79 Å². The minimum Gasteiger partial charge on any atom is -0.468 e. The highest BCUT2D eigenvalue weighted by Gasteiger charge is 2.25. The Hall–Kier alpha value is -1.55. The van der Waals surface area contributed by atoms with Crippen LogP contribution >= 0.6 is 0 Å². The molecule has 0 fully saturated rings. The van der Waals surface area contributed by atoms with Gasteiger partial charge in [0, 0.05) is 18.7 Å². The predicted octanol–water partition coefficient (Wildman–Crippen LogP) is 0.456. The number of nitrogen functional groups attached to an aromatic ring is 1. The van der Waals surface area contributed by atoms with E-state index in [1.165, 1.54) is 7.11 Å². The van der Waals surface area contributed by atoms with Crippen LogP contribution in [0.15, 0.2) is 18.2 Å². The highest BCUT2D eigenvalue weighted by molar-refractivity contribution is 5.77. The number of fused-ring (bicyclic) bond motifs is 1. The maximum atomic E-state index is 11.4. The van der Waals surface area contributed by atoms with Crippen LogP contribution in [-0.2, 0) is 22.5 Å². The summed E-state index contributed by atoms with van der Waals surface area (Å²) in [5.41, 5.74) is 8.84. The van der Waals surface area contributed by atoms with Gasteiger partial charge in [-0.15, -0.1) is 0 Å². The molecule has 1 aromatic rings. The summed E-state index contributed by atoms with van der Waals surface area (Å²) in [7, 11) is 1.40. The topological polar surface area (TPSA) is 64.3 Å². The van der Waals surface area contributed by atoms with Crippen LogP contribution in [-0.4, -0.2) is 19.1 Å². The van der Waals surface area contributed by atoms with Crippen molar-refractivity contribution >= 4 is 11.7 Å². The number of nitrogens with one attached hydrogen (secondary N) is 1. The number of benzene rings is 1. The third-order valence-corrected chi connectivity index (χ3v) is 2.74. The molecular formula is C11H14N2O2. The number of hydrogen-bond donors (Lipinski definition) is 2. The van der Waals surface area contributed by atoms with Gasteiger partial charge in [0.05, 0.1) is 7.11 Å². The third kappa shape index (κ3) is 1.80. The molecule has 0 aliphatic carbocycles. The number of esters is 1. The lowest BCUT2D eigenvalue weighted by molar-refractivity contribution is -0.143. The van der Waals surface area contributed by atoms with Crippen LogP contribution in [0.4, 0.5) is 5.69 Å². The summed E-state index contributed by atoms with van der Waals surface area (Å²) < 4.78 is 4.70. The van der Waals surface area contributed by atoms with Gasteiger partial charge in [0.15, 0.2) is 0 Å². The number of ether oxygens (including phenoxy) is 1. The molecule has 4 heteroatoms. The summed E-state index contributed by atoms with van der Waals surface area (Å²) in [6, 6.07) is 5.53. The second-order valence-electron chi connectivity index (χ2n) is 3.65. The molecule has 1 aliphatic rings. The zero-order valence-corrected chi connectivity index (χ0v) is 8.62. The highest BCUT2D eigenvalue weighted by Crippen LogP contribution is 2.22. The van der Waals surface area contributed by atoms with E-state index < -0.39 is 0 Å². The predicted molar refractivity (Wildman–Crippen MR) is 57.2 cm³/mol.